The molecule has 0 aromatic heterocycles. The van der Waals surface area contributed by atoms with Crippen LogP contribution in [0.4, 0.5) is 10.5 Å². The van der Waals surface area contributed by atoms with Crippen LogP contribution in [0.1, 0.15) is 42.5 Å². The molecule has 1 fully saturated rings. The lowest BCUT2D eigenvalue weighted by Gasteiger charge is -2.27. The van der Waals surface area contributed by atoms with Crippen LogP contribution in [0.3, 0.4) is 0 Å². The van der Waals surface area contributed by atoms with Crippen molar-refractivity contribution in [3.05, 3.63) is 105 Å². The molecular weight excluding hydrogens is 594 g/mol. The van der Waals surface area contributed by atoms with E-state index in [1.54, 1.807) is 48.5 Å². The number of carbonyl (C=O) groups excluding carboxylic acids is 3. The minimum atomic E-state index is -0.837. The lowest BCUT2D eigenvalue weighted by Crippen LogP contribution is -2.53. The van der Waals surface area contributed by atoms with Crippen molar-refractivity contribution in [2.75, 3.05) is 20.3 Å². The fourth-order valence-corrected chi connectivity index (χ4v) is 4.70. The van der Waals surface area contributed by atoms with E-state index in [4.69, 9.17) is 18.9 Å². The van der Waals surface area contributed by atoms with E-state index in [1.165, 1.54) is 25.3 Å². The molecule has 0 bridgehead atoms. The summed E-state index contributed by atoms with van der Waals surface area (Å²) in [6.07, 6.45) is 4.24. The molecule has 0 saturated carbocycles. The Morgan fingerprint density at radius 3 is 2.33 bits per heavy atom. The number of nitrogens with one attached hydrogen (secondary N) is 1. The van der Waals surface area contributed by atoms with E-state index in [0.717, 1.165) is 11.3 Å². The number of non-ortho nitro benzene ring substituents is 1. The van der Waals surface area contributed by atoms with Gasteiger partial charge in [-0.25, -0.2) is 4.79 Å². The second-order valence-electron chi connectivity index (χ2n) is 10.2. The first-order valence-electron chi connectivity index (χ1n) is 14.6. The normalized spacial score (nSPS) is 13.8. The summed E-state index contributed by atoms with van der Waals surface area (Å²) < 4.78 is 23.1. The van der Waals surface area contributed by atoms with Crippen LogP contribution in [0.5, 0.6) is 23.0 Å². The quantitative estimate of drug-likeness (QED) is 0.0729. The summed E-state index contributed by atoms with van der Waals surface area (Å²) in [6, 6.07) is 13.6. The average molecular weight is 630 g/mol. The highest BCUT2D eigenvalue weighted by molar-refractivity contribution is 6.31. The van der Waals surface area contributed by atoms with Gasteiger partial charge in [-0.05, 0) is 78.9 Å². The maximum absolute atomic E-state index is 13.5. The van der Waals surface area contributed by atoms with Gasteiger partial charge in [-0.1, -0.05) is 19.1 Å². The van der Waals surface area contributed by atoms with E-state index in [2.05, 4.69) is 11.9 Å². The summed E-state index contributed by atoms with van der Waals surface area (Å²) in [5.74, 6) is 0.201. The van der Waals surface area contributed by atoms with Gasteiger partial charge in [0.05, 0.1) is 31.8 Å². The number of hydrogen-bond acceptors (Lipinski definition) is 9. The van der Waals surface area contributed by atoms with Gasteiger partial charge in [-0.15, -0.1) is 6.58 Å². The number of nitro benzene ring substituents is 1. The van der Waals surface area contributed by atoms with E-state index < -0.39 is 22.8 Å². The SMILES string of the molecule is C=CCc1cc(/C=C2\C(=O)NC(=O)N(Cc3ccc(OCCC)c(OCC)c3)C2=O)cc(OC)c1OCc1ccc([N+](=O)[O-])cc1. The second kappa shape index (κ2) is 15.4. The number of methoxy groups -OCH3 is 1. The molecule has 12 heteroatoms. The van der Waals surface area contributed by atoms with Crippen molar-refractivity contribution >= 4 is 29.6 Å². The van der Waals surface area contributed by atoms with Crippen LogP contribution in [0.25, 0.3) is 6.08 Å². The van der Waals surface area contributed by atoms with Crippen LogP contribution in [0, 0.1) is 10.1 Å². The van der Waals surface area contributed by atoms with Crippen LogP contribution >= 0.6 is 0 Å². The van der Waals surface area contributed by atoms with Crippen LogP contribution in [0.2, 0.25) is 0 Å². The molecule has 1 N–H and O–H groups in total. The molecule has 3 aromatic rings. The number of nitro groups is 1. The van der Waals surface area contributed by atoms with Crippen molar-refractivity contribution < 1.29 is 38.3 Å². The largest absolute Gasteiger partial charge is 0.493 e. The zero-order chi connectivity index (χ0) is 33.2. The zero-order valence-corrected chi connectivity index (χ0v) is 25.9. The van der Waals surface area contributed by atoms with Crippen molar-refractivity contribution in [2.24, 2.45) is 0 Å². The summed E-state index contributed by atoms with van der Waals surface area (Å²) in [4.78, 5) is 50.6. The topological polar surface area (TPSA) is 147 Å². The zero-order valence-electron chi connectivity index (χ0n) is 25.9. The summed E-state index contributed by atoms with van der Waals surface area (Å²) in [7, 11) is 1.45. The van der Waals surface area contributed by atoms with E-state index >= 15 is 0 Å². The summed E-state index contributed by atoms with van der Waals surface area (Å²) in [5, 5.41) is 13.2. The number of ether oxygens (including phenoxy) is 4. The average Bonchev–Trinajstić information content (AvgIpc) is 3.04. The molecule has 4 amide bonds. The van der Waals surface area contributed by atoms with Crippen molar-refractivity contribution in [2.45, 2.75) is 39.8 Å². The number of rotatable bonds is 15. The smallest absolute Gasteiger partial charge is 0.331 e. The van der Waals surface area contributed by atoms with Gasteiger partial charge in [-0.3, -0.25) is 29.9 Å². The molecule has 1 aliphatic heterocycles. The number of nitrogens with zero attached hydrogens (tertiary/aromatic N) is 2. The lowest BCUT2D eigenvalue weighted by molar-refractivity contribution is -0.384. The molecule has 1 saturated heterocycles. The maximum Gasteiger partial charge on any atom is 0.331 e. The Balaban J connectivity index is 1.61. The number of benzene rings is 3. The predicted octanol–water partition coefficient (Wildman–Crippen LogP) is 5.76. The highest BCUT2D eigenvalue weighted by atomic mass is 16.6. The Bertz CT molecular complexity index is 1670. The molecule has 0 unspecified atom stereocenters. The van der Waals surface area contributed by atoms with Gasteiger partial charge in [0.1, 0.15) is 12.2 Å². The van der Waals surface area contributed by atoms with Crippen LogP contribution in [-0.4, -0.2) is 48.0 Å². The van der Waals surface area contributed by atoms with E-state index in [1.807, 2.05) is 13.8 Å². The number of amides is 4. The van der Waals surface area contributed by atoms with E-state index in [9.17, 15) is 24.5 Å². The predicted molar refractivity (Wildman–Crippen MR) is 170 cm³/mol. The van der Waals surface area contributed by atoms with Gasteiger partial charge in [0.2, 0.25) is 0 Å². The van der Waals surface area contributed by atoms with Gasteiger partial charge in [0.15, 0.2) is 23.0 Å². The van der Waals surface area contributed by atoms with Gasteiger partial charge < -0.3 is 18.9 Å². The van der Waals surface area contributed by atoms with E-state index in [-0.39, 0.29) is 24.4 Å². The molecule has 3 aromatic carbocycles. The highest BCUT2D eigenvalue weighted by Crippen LogP contribution is 2.36. The fourth-order valence-electron chi connectivity index (χ4n) is 4.70. The molecule has 0 atom stereocenters. The standard InChI is InChI=1S/C34H35N3O9/c1-5-8-25-16-24(19-30(43-4)31(25)46-21-22-9-12-26(13-10-22)37(41)42)17-27-32(38)35-34(40)36(33(27)39)20-23-11-14-28(45-15-6-2)29(18-23)44-7-3/h5,9-14,16-19H,1,6-8,15,20-21H2,2-4H3,(H,35,38,40)/b27-17+. The molecule has 0 aliphatic carbocycles. The minimum absolute atomic E-state index is 0.0298. The van der Waals surface area contributed by atoms with Gasteiger partial charge in [0.25, 0.3) is 17.5 Å². The lowest BCUT2D eigenvalue weighted by atomic mass is 10.0. The number of carbonyl (C=O) groups is 3. The molecule has 0 radical (unpaired) electrons. The number of imide groups is 2. The molecule has 4 rings (SSSR count). The highest BCUT2D eigenvalue weighted by Gasteiger charge is 2.36. The molecule has 1 aliphatic rings. The van der Waals surface area contributed by atoms with Crippen LogP contribution in [0.15, 0.2) is 72.8 Å². The number of hydrogen-bond donors (Lipinski definition) is 1. The van der Waals surface area contributed by atoms with Gasteiger partial charge in [0, 0.05) is 17.7 Å². The number of barbiturate groups is 1. The fraction of sp³-hybridized carbons (Fsp3) is 0.265. The number of allylic oxidation sites excluding steroid dienone is 1. The molecule has 46 heavy (non-hydrogen) atoms. The summed E-state index contributed by atoms with van der Waals surface area (Å²) in [5.41, 5.74) is 2.16. The Kier molecular flexibility index (Phi) is 11.1. The van der Waals surface area contributed by atoms with Gasteiger partial charge >= 0.3 is 6.03 Å². The monoisotopic (exact) mass is 629 g/mol. The van der Waals surface area contributed by atoms with Gasteiger partial charge in [-0.2, -0.15) is 0 Å². The van der Waals surface area contributed by atoms with Crippen LogP contribution < -0.4 is 24.3 Å². The van der Waals surface area contributed by atoms with Crippen molar-refractivity contribution in [3.8, 4) is 23.0 Å². The third-order valence-electron chi connectivity index (χ3n) is 6.88. The third-order valence-corrected chi connectivity index (χ3v) is 6.88. The Hall–Kier alpha value is -5.65. The van der Waals surface area contributed by atoms with E-state index in [0.29, 0.717) is 64.9 Å². The van der Waals surface area contributed by atoms with Crippen LogP contribution in [-0.2, 0) is 29.2 Å². The molecule has 240 valence electrons. The van der Waals surface area contributed by atoms with Crippen molar-refractivity contribution in [1.82, 2.24) is 10.2 Å². The van der Waals surface area contributed by atoms with Crippen molar-refractivity contribution in [3.63, 3.8) is 0 Å². The maximum atomic E-state index is 13.5. The number of urea groups is 1. The minimum Gasteiger partial charge on any atom is -0.493 e. The molecule has 12 nitrogen and oxygen atoms in total. The first-order chi connectivity index (χ1) is 22.2. The second-order valence-corrected chi connectivity index (χ2v) is 10.2. The van der Waals surface area contributed by atoms with Crippen molar-refractivity contribution in [1.29, 1.82) is 0 Å². The molecular formula is C34H35N3O9. The summed E-state index contributed by atoms with van der Waals surface area (Å²) in [6.45, 7) is 8.54. The first-order valence-corrected chi connectivity index (χ1v) is 14.6. The molecule has 0 spiro atoms. The Labute approximate surface area is 266 Å². The molecule has 1 heterocycles. The third kappa shape index (κ3) is 7.89. The summed E-state index contributed by atoms with van der Waals surface area (Å²) >= 11 is 0. The Morgan fingerprint density at radius 1 is 0.935 bits per heavy atom. The Morgan fingerprint density at radius 2 is 1.67 bits per heavy atom. The first kappa shape index (κ1) is 33.2.